The van der Waals surface area contributed by atoms with Gasteiger partial charge >= 0.3 is 5.97 Å². The van der Waals surface area contributed by atoms with Crippen LogP contribution in [0.4, 0.5) is 0 Å². The lowest BCUT2D eigenvalue weighted by atomic mass is 9.95. The van der Waals surface area contributed by atoms with Gasteiger partial charge in [0.25, 0.3) is 0 Å². The number of nitrogens with zero attached hydrogens (tertiary/aromatic N) is 1. The zero-order valence-electron chi connectivity index (χ0n) is 16.0. The van der Waals surface area contributed by atoms with Crippen molar-refractivity contribution in [1.82, 2.24) is 10.2 Å². The Balaban J connectivity index is 1.91. The standard InChI is InChI=1S/C20H26N2O4S/c1-4-25-16-9-5-14(6-10-16)18-17(19(23)26-12-11-24-3)13(2)22(15-7-8-15)20(27)21-18/h5-6,9-10,15,18H,4,7-8,11-12H2,1-3H3,(H,21,27). The summed E-state index contributed by atoms with van der Waals surface area (Å²) in [6.07, 6.45) is 2.16. The van der Waals surface area contributed by atoms with Crippen molar-refractivity contribution in [2.75, 3.05) is 26.9 Å². The number of methoxy groups -OCH3 is 1. The highest BCUT2D eigenvalue weighted by Crippen LogP contribution is 2.38. The number of thiocarbonyl (C=S) groups is 1. The van der Waals surface area contributed by atoms with Crippen LogP contribution in [0.3, 0.4) is 0 Å². The van der Waals surface area contributed by atoms with E-state index < -0.39 is 0 Å². The lowest BCUT2D eigenvalue weighted by Gasteiger charge is -2.37. The Labute approximate surface area is 165 Å². The van der Waals surface area contributed by atoms with Gasteiger partial charge in [-0.3, -0.25) is 0 Å². The number of carbonyl (C=O) groups is 1. The fourth-order valence-electron chi connectivity index (χ4n) is 3.26. The number of allylic oxidation sites excluding steroid dienone is 1. The highest BCUT2D eigenvalue weighted by Gasteiger charge is 2.40. The fraction of sp³-hybridized carbons (Fsp3) is 0.500. The summed E-state index contributed by atoms with van der Waals surface area (Å²) in [7, 11) is 1.58. The molecule has 0 bridgehead atoms. The molecule has 1 heterocycles. The van der Waals surface area contributed by atoms with Gasteiger partial charge in [0.05, 0.1) is 24.8 Å². The van der Waals surface area contributed by atoms with E-state index in [4.69, 9.17) is 26.4 Å². The Hall–Kier alpha value is -2.12. The maximum Gasteiger partial charge on any atom is 0.338 e. The third kappa shape index (κ3) is 4.42. The summed E-state index contributed by atoms with van der Waals surface area (Å²) in [5.41, 5.74) is 2.40. The average Bonchev–Trinajstić information content (AvgIpc) is 3.47. The second-order valence-corrected chi connectivity index (χ2v) is 7.00. The Morgan fingerprint density at radius 1 is 1.26 bits per heavy atom. The summed E-state index contributed by atoms with van der Waals surface area (Å²) < 4.78 is 15.9. The van der Waals surface area contributed by atoms with Crippen LogP contribution in [0.1, 0.15) is 38.3 Å². The summed E-state index contributed by atoms with van der Waals surface area (Å²) in [5, 5.41) is 3.99. The van der Waals surface area contributed by atoms with Gasteiger partial charge in [0, 0.05) is 18.8 Å². The zero-order chi connectivity index (χ0) is 19.4. The second kappa shape index (κ2) is 8.71. The number of benzene rings is 1. The van der Waals surface area contributed by atoms with Gasteiger partial charge in [0.2, 0.25) is 0 Å². The monoisotopic (exact) mass is 390 g/mol. The first kappa shape index (κ1) is 19.6. The van der Waals surface area contributed by atoms with E-state index in [0.717, 1.165) is 29.9 Å². The maximum absolute atomic E-state index is 12.9. The molecule has 0 amide bonds. The van der Waals surface area contributed by atoms with E-state index in [0.29, 0.717) is 29.9 Å². The van der Waals surface area contributed by atoms with Gasteiger partial charge in [-0.2, -0.15) is 0 Å². The smallest absolute Gasteiger partial charge is 0.338 e. The van der Waals surface area contributed by atoms with E-state index >= 15 is 0 Å². The van der Waals surface area contributed by atoms with Gasteiger partial charge in [-0.05, 0) is 56.6 Å². The number of ether oxygens (including phenoxy) is 3. The molecule has 0 radical (unpaired) electrons. The molecule has 0 aromatic heterocycles. The van der Waals surface area contributed by atoms with E-state index in [2.05, 4.69) is 5.32 Å². The SMILES string of the molecule is CCOc1ccc(C2NC(=S)N(C3CC3)C(C)=C2C(=O)OCCOC)cc1. The number of carbonyl (C=O) groups excluding carboxylic acids is 1. The molecule has 1 aliphatic carbocycles. The van der Waals surface area contributed by atoms with Crippen LogP contribution >= 0.6 is 12.2 Å². The molecule has 1 saturated carbocycles. The number of rotatable bonds is 8. The van der Waals surface area contributed by atoms with Crippen LogP contribution in [-0.2, 0) is 14.3 Å². The van der Waals surface area contributed by atoms with E-state index in [1.165, 1.54) is 0 Å². The minimum atomic E-state index is -0.349. The van der Waals surface area contributed by atoms with Gasteiger partial charge < -0.3 is 24.4 Å². The van der Waals surface area contributed by atoms with Crippen LogP contribution in [0.25, 0.3) is 0 Å². The maximum atomic E-state index is 12.9. The minimum absolute atomic E-state index is 0.218. The van der Waals surface area contributed by atoms with Crippen LogP contribution in [0.2, 0.25) is 0 Å². The van der Waals surface area contributed by atoms with E-state index in [1.807, 2.05) is 43.0 Å². The summed E-state index contributed by atoms with van der Waals surface area (Å²) in [4.78, 5) is 14.9. The fourth-order valence-corrected chi connectivity index (χ4v) is 3.67. The van der Waals surface area contributed by atoms with Crippen molar-refractivity contribution in [2.24, 2.45) is 0 Å². The largest absolute Gasteiger partial charge is 0.494 e. The molecule has 1 unspecified atom stereocenters. The van der Waals surface area contributed by atoms with Gasteiger partial charge in [0.15, 0.2) is 5.11 Å². The first-order valence-electron chi connectivity index (χ1n) is 9.26. The van der Waals surface area contributed by atoms with Gasteiger partial charge in [-0.15, -0.1) is 0 Å². The summed E-state index contributed by atoms with van der Waals surface area (Å²) in [6.45, 7) is 5.08. The molecule has 0 spiro atoms. The summed E-state index contributed by atoms with van der Waals surface area (Å²) in [6, 6.07) is 7.73. The number of esters is 1. The topological polar surface area (TPSA) is 60.0 Å². The molecule has 1 N–H and O–H groups in total. The van der Waals surface area contributed by atoms with Crippen molar-refractivity contribution in [2.45, 2.75) is 38.8 Å². The molecule has 1 aromatic carbocycles. The van der Waals surface area contributed by atoms with Crippen LogP contribution in [0, 0.1) is 0 Å². The van der Waals surface area contributed by atoms with Gasteiger partial charge in [-0.25, -0.2) is 4.79 Å². The highest BCUT2D eigenvalue weighted by molar-refractivity contribution is 7.80. The molecule has 7 heteroatoms. The molecular weight excluding hydrogens is 364 g/mol. The molecule has 6 nitrogen and oxygen atoms in total. The molecule has 0 saturated heterocycles. The van der Waals surface area contributed by atoms with E-state index in [9.17, 15) is 4.79 Å². The third-order valence-electron chi connectivity index (χ3n) is 4.70. The predicted octanol–water partition coefficient (Wildman–Crippen LogP) is 2.94. The average molecular weight is 391 g/mol. The predicted molar refractivity (Wildman–Crippen MR) is 106 cm³/mol. The number of hydrogen-bond acceptors (Lipinski definition) is 5. The number of nitrogens with one attached hydrogen (secondary N) is 1. The number of hydrogen-bond donors (Lipinski definition) is 1. The van der Waals surface area contributed by atoms with E-state index in [-0.39, 0.29) is 18.6 Å². The van der Waals surface area contributed by atoms with Crippen LogP contribution in [0.15, 0.2) is 35.5 Å². The molecule has 146 valence electrons. The van der Waals surface area contributed by atoms with Gasteiger partial charge in [0.1, 0.15) is 12.4 Å². The molecule has 1 atom stereocenters. The highest BCUT2D eigenvalue weighted by atomic mass is 32.1. The minimum Gasteiger partial charge on any atom is -0.494 e. The third-order valence-corrected chi connectivity index (χ3v) is 5.02. The molecule has 1 aliphatic heterocycles. The Morgan fingerprint density at radius 3 is 2.56 bits per heavy atom. The Morgan fingerprint density at radius 2 is 1.96 bits per heavy atom. The second-order valence-electron chi connectivity index (χ2n) is 6.61. The van der Waals surface area contributed by atoms with Crippen LogP contribution < -0.4 is 10.1 Å². The molecule has 27 heavy (non-hydrogen) atoms. The summed E-state index contributed by atoms with van der Waals surface area (Å²) in [5.74, 6) is 0.452. The van der Waals surface area contributed by atoms with Crippen molar-refractivity contribution in [3.05, 3.63) is 41.1 Å². The normalized spacial score (nSPS) is 19.7. The first-order chi connectivity index (χ1) is 13.1. The Bertz CT molecular complexity index is 728. The Kier molecular flexibility index (Phi) is 6.34. The van der Waals surface area contributed by atoms with Crippen molar-refractivity contribution >= 4 is 23.3 Å². The lowest BCUT2D eigenvalue weighted by Crippen LogP contribution is -2.48. The first-order valence-corrected chi connectivity index (χ1v) is 9.67. The lowest BCUT2D eigenvalue weighted by molar-refractivity contribution is -0.140. The molecule has 2 aliphatic rings. The molecular formula is C20H26N2O4S. The van der Waals surface area contributed by atoms with Crippen molar-refractivity contribution in [3.8, 4) is 5.75 Å². The van der Waals surface area contributed by atoms with Crippen molar-refractivity contribution < 1.29 is 19.0 Å². The molecule has 1 aromatic rings. The van der Waals surface area contributed by atoms with Crippen LogP contribution in [0.5, 0.6) is 5.75 Å². The van der Waals surface area contributed by atoms with Crippen molar-refractivity contribution in [3.63, 3.8) is 0 Å². The van der Waals surface area contributed by atoms with Crippen molar-refractivity contribution in [1.29, 1.82) is 0 Å². The molecule has 3 rings (SSSR count). The molecule has 1 fully saturated rings. The van der Waals surface area contributed by atoms with Gasteiger partial charge in [-0.1, -0.05) is 12.1 Å². The van der Waals surface area contributed by atoms with Crippen LogP contribution in [-0.4, -0.2) is 49.0 Å². The quantitative estimate of drug-likeness (QED) is 0.416. The zero-order valence-corrected chi connectivity index (χ0v) is 16.8. The summed E-state index contributed by atoms with van der Waals surface area (Å²) >= 11 is 5.59. The van der Waals surface area contributed by atoms with E-state index in [1.54, 1.807) is 7.11 Å².